The standard InChI is InChI=1S/C22H23N3O5S2/c23-31(27,28)19-13-11-18(12-14-19)16-24-22(26)21(15-17-7-3-1-4-8-17)25-32(29,30)20-9-5-2-6-10-20/h1-14,21,25H,15-16H2,(H,24,26)(H2,23,27,28). The molecule has 0 spiro atoms. The molecule has 1 amide bonds. The number of amides is 1. The number of benzene rings is 3. The second kappa shape index (κ2) is 10.0. The van der Waals surface area contributed by atoms with Gasteiger partial charge in [-0.15, -0.1) is 0 Å². The minimum Gasteiger partial charge on any atom is -0.351 e. The van der Waals surface area contributed by atoms with Crippen LogP contribution in [0.25, 0.3) is 0 Å². The van der Waals surface area contributed by atoms with Gasteiger partial charge < -0.3 is 5.32 Å². The van der Waals surface area contributed by atoms with E-state index >= 15 is 0 Å². The van der Waals surface area contributed by atoms with Crippen LogP contribution in [0, 0.1) is 0 Å². The van der Waals surface area contributed by atoms with Gasteiger partial charge in [0.1, 0.15) is 6.04 Å². The Labute approximate surface area is 187 Å². The maximum absolute atomic E-state index is 12.9. The van der Waals surface area contributed by atoms with Crippen molar-refractivity contribution in [3.8, 4) is 0 Å². The lowest BCUT2D eigenvalue weighted by molar-refractivity contribution is -0.122. The second-order valence-corrected chi connectivity index (χ2v) is 10.4. The molecule has 32 heavy (non-hydrogen) atoms. The largest absolute Gasteiger partial charge is 0.351 e. The molecular weight excluding hydrogens is 450 g/mol. The number of hydrogen-bond donors (Lipinski definition) is 3. The molecule has 0 aliphatic heterocycles. The highest BCUT2D eigenvalue weighted by molar-refractivity contribution is 7.89. The lowest BCUT2D eigenvalue weighted by Crippen LogP contribution is -2.47. The SMILES string of the molecule is NS(=O)(=O)c1ccc(CNC(=O)C(Cc2ccccc2)NS(=O)(=O)c2ccccc2)cc1. The van der Waals surface area contributed by atoms with Crippen LogP contribution in [0.15, 0.2) is 94.7 Å². The molecule has 1 atom stereocenters. The number of hydrogen-bond acceptors (Lipinski definition) is 5. The second-order valence-electron chi connectivity index (χ2n) is 7.08. The Morgan fingerprint density at radius 3 is 1.88 bits per heavy atom. The average molecular weight is 474 g/mol. The molecule has 10 heteroatoms. The summed E-state index contributed by atoms with van der Waals surface area (Å²) in [5.41, 5.74) is 1.43. The first-order valence-corrected chi connectivity index (χ1v) is 12.7. The van der Waals surface area contributed by atoms with E-state index < -0.39 is 32.0 Å². The van der Waals surface area contributed by atoms with E-state index in [-0.39, 0.29) is 22.8 Å². The zero-order valence-corrected chi connectivity index (χ0v) is 18.6. The lowest BCUT2D eigenvalue weighted by Gasteiger charge is -2.19. The molecule has 0 saturated carbocycles. The van der Waals surface area contributed by atoms with E-state index in [1.807, 2.05) is 30.3 Å². The highest BCUT2D eigenvalue weighted by atomic mass is 32.2. The summed E-state index contributed by atoms with van der Waals surface area (Å²) >= 11 is 0. The summed E-state index contributed by atoms with van der Waals surface area (Å²) in [4.78, 5) is 12.9. The molecule has 0 fully saturated rings. The summed E-state index contributed by atoms with van der Waals surface area (Å²) in [6, 6.07) is 21.6. The molecule has 3 aromatic carbocycles. The molecule has 0 radical (unpaired) electrons. The van der Waals surface area contributed by atoms with Crippen LogP contribution in [0.1, 0.15) is 11.1 Å². The number of nitrogens with two attached hydrogens (primary N) is 1. The van der Waals surface area contributed by atoms with E-state index in [9.17, 15) is 21.6 Å². The lowest BCUT2D eigenvalue weighted by atomic mass is 10.1. The molecular formula is C22H23N3O5S2. The van der Waals surface area contributed by atoms with Crippen LogP contribution in [-0.4, -0.2) is 28.8 Å². The van der Waals surface area contributed by atoms with Crippen LogP contribution in [0.4, 0.5) is 0 Å². The van der Waals surface area contributed by atoms with Crippen molar-refractivity contribution in [2.75, 3.05) is 0 Å². The molecule has 0 saturated heterocycles. The van der Waals surface area contributed by atoms with Crippen molar-refractivity contribution in [1.29, 1.82) is 0 Å². The third-order valence-electron chi connectivity index (χ3n) is 4.67. The van der Waals surface area contributed by atoms with Crippen molar-refractivity contribution in [3.63, 3.8) is 0 Å². The Hall–Kier alpha value is -3.05. The molecule has 8 nitrogen and oxygen atoms in total. The van der Waals surface area contributed by atoms with E-state index in [0.717, 1.165) is 5.56 Å². The Morgan fingerprint density at radius 2 is 1.31 bits per heavy atom. The van der Waals surface area contributed by atoms with Crippen molar-refractivity contribution >= 4 is 26.0 Å². The molecule has 168 valence electrons. The summed E-state index contributed by atoms with van der Waals surface area (Å²) < 4.78 is 50.8. The van der Waals surface area contributed by atoms with E-state index in [0.29, 0.717) is 5.56 Å². The van der Waals surface area contributed by atoms with Crippen molar-refractivity contribution in [1.82, 2.24) is 10.0 Å². The fourth-order valence-corrected chi connectivity index (χ4v) is 4.73. The van der Waals surface area contributed by atoms with Gasteiger partial charge in [0.25, 0.3) is 0 Å². The van der Waals surface area contributed by atoms with Crippen LogP contribution in [-0.2, 0) is 37.8 Å². The molecule has 0 aromatic heterocycles. The summed E-state index contributed by atoms with van der Waals surface area (Å²) in [6.07, 6.45) is 0.156. The van der Waals surface area contributed by atoms with Crippen molar-refractivity contribution in [2.24, 2.45) is 5.14 Å². The molecule has 4 N–H and O–H groups in total. The zero-order chi connectivity index (χ0) is 23.2. The Balaban J connectivity index is 1.75. The van der Waals surface area contributed by atoms with Gasteiger partial charge in [-0.1, -0.05) is 60.7 Å². The predicted octanol–water partition coefficient (Wildman–Crippen LogP) is 1.54. The molecule has 3 aromatic rings. The van der Waals surface area contributed by atoms with Crippen molar-refractivity contribution in [3.05, 3.63) is 96.1 Å². The zero-order valence-electron chi connectivity index (χ0n) is 17.0. The molecule has 0 aliphatic rings. The highest BCUT2D eigenvalue weighted by Gasteiger charge is 2.26. The number of primary sulfonamides is 1. The number of rotatable bonds is 9. The quantitative estimate of drug-likeness (QED) is 0.433. The van der Waals surface area contributed by atoms with Crippen LogP contribution >= 0.6 is 0 Å². The molecule has 3 rings (SSSR count). The molecule has 0 bridgehead atoms. The van der Waals surface area contributed by atoms with Gasteiger partial charge in [0, 0.05) is 6.54 Å². The van der Waals surface area contributed by atoms with E-state index in [1.165, 1.54) is 36.4 Å². The number of carbonyl (C=O) groups is 1. The van der Waals surface area contributed by atoms with E-state index in [1.54, 1.807) is 18.2 Å². The summed E-state index contributed by atoms with van der Waals surface area (Å²) in [5, 5.41) is 7.79. The third-order valence-corrected chi connectivity index (χ3v) is 7.09. The van der Waals surface area contributed by atoms with Crippen molar-refractivity contribution < 1.29 is 21.6 Å². The highest BCUT2D eigenvalue weighted by Crippen LogP contribution is 2.12. The fraction of sp³-hybridized carbons (Fsp3) is 0.136. The Kier molecular flexibility index (Phi) is 7.41. The van der Waals surface area contributed by atoms with Gasteiger partial charge in [-0.2, -0.15) is 4.72 Å². The average Bonchev–Trinajstić information content (AvgIpc) is 2.78. The third kappa shape index (κ3) is 6.47. The number of sulfonamides is 2. The first-order valence-electron chi connectivity index (χ1n) is 9.66. The Morgan fingerprint density at radius 1 is 0.750 bits per heavy atom. The Bertz CT molecular complexity index is 1260. The maximum atomic E-state index is 12.9. The van der Waals surface area contributed by atoms with Crippen LogP contribution in [0.3, 0.4) is 0 Å². The first kappa shape index (κ1) is 23.6. The predicted molar refractivity (Wildman–Crippen MR) is 120 cm³/mol. The minimum absolute atomic E-state index is 0.0369. The summed E-state index contributed by atoms with van der Waals surface area (Å²) in [6.45, 7) is 0.0854. The van der Waals surface area contributed by atoms with Crippen LogP contribution in [0.2, 0.25) is 0 Å². The van der Waals surface area contributed by atoms with Gasteiger partial charge in [0.05, 0.1) is 9.79 Å². The van der Waals surface area contributed by atoms with Gasteiger partial charge in [-0.05, 0) is 41.8 Å². The number of carbonyl (C=O) groups excluding carboxylic acids is 1. The minimum atomic E-state index is -3.92. The van der Waals surface area contributed by atoms with Gasteiger partial charge in [-0.3, -0.25) is 4.79 Å². The summed E-state index contributed by atoms with van der Waals surface area (Å²) in [5.74, 6) is -0.510. The molecule has 1 unspecified atom stereocenters. The fourth-order valence-electron chi connectivity index (χ4n) is 3.00. The van der Waals surface area contributed by atoms with Crippen molar-refractivity contribution in [2.45, 2.75) is 28.8 Å². The van der Waals surface area contributed by atoms with Crippen LogP contribution < -0.4 is 15.2 Å². The summed E-state index contributed by atoms with van der Waals surface area (Å²) in [7, 11) is -7.73. The van der Waals surface area contributed by atoms with Gasteiger partial charge in [0.2, 0.25) is 26.0 Å². The maximum Gasteiger partial charge on any atom is 0.241 e. The molecule has 0 heterocycles. The smallest absolute Gasteiger partial charge is 0.241 e. The number of nitrogens with one attached hydrogen (secondary N) is 2. The van der Waals surface area contributed by atoms with E-state index in [4.69, 9.17) is 5.14 Å². The van der Waals surface area contributed by atoms with Gasteiger partial charge in [0.15, 0.2) is 0 Å². The van der Waals surface area contributed by atoms with Gasteiger partial charge >= 0.3 is 0 Å². The first-order chi connectivity index (χ1) is 15.1. The van der Waals surface area contributed by atoms with Crippen LogP contribution in [0.5, 0.6) is 0 Å². The monoisotopic (exact) mass is 473 g/mol. The normalized spacial score (nSPS) is 12.8. The molecule has 0 aliphatic carbocycles. The van der Waals surface area contributed by atoms with Gasteiger partial charge in [-0.25, -0.2) is 22.0 Å². The van der Waals surface area contributed by atoms with E-state index in [2.05, 4.69) is 10.0 Å². The topological polar surface area (TPSA) is 135 Å².